The van der Waals surface area contributed by atoms with Crippen LogP contribution in [-0.2, 0) is 20.7 Å². The molecule has 0 amide bonds. The number of rotatable bonds is 8. The number of carbonyl (C=O) groups excluding carboxylic acids is 2. The van der Waals surface area contributed by atoms with Crippen molar-refractivity contribution in [2.45, 2.75) is 13.3 Å². The first kappa shape index (κ1) is 18.3. The summed E-state index contributed by atoms with van der Waals surface area (Å²) in [5.74, 6) is -1.56. The molecule has 0 spiro atoms. The number of benzene rings is 1. The van der Waals surface area contributed by atoms with Crippen molar-refractivity contribution in [3.63, 3.8) is 0 Å². The van der Waals surface area contributed by atoms with Gasteiger partial charge >= 0.3 is 5.97 Å². The Balaban J connectivity index is 3.40. The summed E-state index contributed by atoms with van der Waals surface area (Å²) < 4.78 is 15.1. The maximum Gasteiger partial charge on any atom is 0.379 e. The summed E-state index contributed by atoms with van der Waals surface area (Å²) in [5.41, 5.74) is 0.858. The molecule has 6 heteroatoms. The molecule has 0 aliphatic carbocycles. The lowest BCUT2D eigenvalue weighted by Gasteiger charge is -2.16. The fourth-order valence-electron chi connectivity index (χ4n) is 2.05. The van der Waals surface area contributed by atoms with Crippen molar-refractivity contribution in [3.05, 3.63) is 42.0 Å². The molecular formula is C17H20O6. The Morgan fingerprint density at radius 1 is 1.22 bits per heavy atom. The number of aliphatic hydroxyl groups is 1. The number of hydrogen-bond donors (Lipinski definition) is 1. The monoisotopic (exact) mass is 320 g/mol. The fraction of sp³-hybridized carbons (Fsp3) is 0.294. The van der Waals surface area contributed by atoms with Crippen LogP contribution in [0.3, 0.4) is 0 Å². The van der Waals surface area contributed by atoms with Gasteiger partial charge in [0, 0.05) is 11.6 Å². The van der Waals surface area contributed by atoms with Gasteiger partial charge in [0.2, 0.25) is 0 Å². The zero-order valence-corrected chi connectivity index (χ0v) is 13.4. The molecule has 0 aliphatic heterocycles. The lowest BCUT2D eigenvalue weighted by Crippen LogP contribution is -2.15. The molecule has 0 saturated heterocycles. The predicted molar refractivity (Wildman–Crippen MR) is 85.7 cm³/mol. The van der Waals surface area contributed by atoms with Crippen LogP contribution < -0.4 is 9.47 Å². The van der Waals surface area contributed by atoms with E-state index in [9.17, 15) is 14.7 Å². The van der Waals surface area contributed by atoms with Gasteiger partial charge in [0.15, 0.2) is 0 Å². The number of aliphatic hydroxyl groups excluding tert-OH is 1. The third kappa shape index (κ3) is 4.35. The predicted octanol–water partition coefficient (Wildman–Crippen LogP) is 2.46. The molecule has 0 radical (unpaired) electrons. The van der Waals surface area contributed by atoms with Gasteiger partial charge in [0.1, 0.15) is 17.3 Å². The Labute approximate surface area is 135 Å². The highest BCUT2D eigenvalue weighted by Crippen LogP contribution is 2.35. The Kier molecular flexibility index (Phi) is 6.86. The summed E-state index contributed by atoms with van der Waals surface area (Å²) >= 11 is 0. The summed E-state index contributed by atoms with van der Waals surface area (Å²) in [6.45, 7) is 5.32. The van der Waals surface area contributed by atoms with Gasteiger partial charge in [-0.1, -0.05) is 6.08 Å². The van der Waals surface area contributed by atoms with Crippen molar-refractivity contribution in [1.82, 2.24) is 0 Å². The van der Waals surface area contributed by atoms with E-state index in [0.717, 1.165) is 6.08 Å². The van der Waals surface area contributed by atoms with Gasteiger partial charge in [-0.05, 0) is 25.5 Å². The molecule has 0 saturated carbocycles. The minimum Gasteiger partial charge on any atom is -0.507 e. The van der Waals surface area contributed by atoms with Crippen LogP contribution in [0.25, 0.3) is 5.76 Å². The molecule has 0 aromatic heterocycles. The number of ether oxygens (including phenoxy) is 3. The molecule has 0 unspecified atom stereocenters. The number of esters is 1. The van der Waals surface area contributed by atoms with Crippen molar-refractivity contribution in [2.75, 3.05) is 20.8 Å². The highest BCUT2D eigenvalue weighted by Gasteiger charge is 2.20. The third-order valence-electron chi connectivity index (χ3n) is 3.02. The number of allylic oxidation sites excluding steroid dienone is 1. The first-order valence-corrected chi connectivity index (χ1v) is 6.96. The van der Waals surface area contributed by atoms with Crippen LogP contribution in [0.15, 0.2) is 30.9 Å². The summed E-state index contributed by atoms with van der Waals surface area (Å²) in [6, 6.07) is 3.28. The van der Waals surface area contributed by atoms with Crippen molar-refractivity contribution in [2.24, 2.45) is 0 Å². The number of carbonyl (C=O) groups is 2. The number of methoxy groups -OCH3 is 2. The second kappa shape index (κ2) is 8.63. The van der Waals surface area contributed by atoms with E-state index < -0.39 is 17.5 Å². The standard InChI is InChI=1S/C17H20O6/c1-5-7-11-14(21-3)8-9-15(22-4)16(11)12(18)10-13(19)17(20)23-6-2/h5,8-10,18H,1,6-7H2,2-4H3/b12-10-. The third-order valence-corrected chi connectivity index (χ3v) is 3.02. The molecule has 1 aromatic carbocycles. The highest BCUT2D eigenvalue weighted by atomic mass is 16.5. The van der Waals surface area contributed by atoms with Gasteiger partial charge in [-0.25, -0.2) is 4.79 Å². The molecule has 6 nitrogen and oxygen atoms in total. The van der Waals surface area contributed by atoms with Crippen LogP contribution in [-0.4, -0.2) is 37.7 Å². The topological polar surface area (TPSA) is 82.1 Å². The van der Waals surface area contributed by atoms with Crippen molar-refractivity contribution in [1.29, 1.82) is 0 Å². The van der Waals surface area contributed by atoms with E-state index in [-0.39, 0.29) is 12.2 Å². The molecule has 1 aromatic rings. The quantitative estimate of drug-likeness (QED) is 0.260. The van der Waals surface area contributed by atoms with Gasteiger partial charge in [-0.2, -0.15) is 0 Å². The molecule has 0 aliphatic rings. The highest BCUT2D eigenvalue weighted by molar-refractivity contribution is 6.39. The molecular weight excluding hydrogens is 300 g/mol. The van der Waals surface area contributed by atoms with Crippen molar-refractivity contribution < 1.29 is 28.9 Å². The summed E-state index contributed by atoms with van der Waals surface area (Å²) in [7, 11) is 2.92. The Morgan fingerprint density at radius 3 is 2.35 bits per heavy atom. The van der Waals surface area contributed by atoms with Crippen LogP contribution in [0.1, 0.15) is 18.1 Å². The Hall–Kier alpha value is -2.76. The van der Waals surface area contributed by atoms with Crippen LogP contribution in [0.4, 0.5) is 0 Å². The van der Waals surface area contributed by atoms with E-state index >= 15 is 0 Å². The van der Waals surface area contributed by atoms with Crippen LogP contribution >= 0.6 is 0 Å². The van der Waals surface area contributed by atoms with Gasteiger partial charge < -0.3 is 19.3 Å². The number of ketones is 1. The lowest BCUT2D eigenvalue weighted by molar-refractivity contribution is -0.151. The van der Waals surface area contributed by atoms with E-state index in [1.165, 1.54) is 14.2 Å². The molecule has 0 bridgehead atoms. The van der Waals surface area contributed by atoms with E-state index in [2.05, 4.69) is 11.3 Å². The molecule has 0 atom stereocenters. The number of hydrogen-bond acceptors (Lipinski definition) is 6. The lowest BCUT2D eigenvalue weighted by atomic mass is 9.99. The molecule has 1 rings (SSSR count). The minimum atomic E-state index is -1.04. The van der Waals surface area contributed by atoms with E-state index in [0.29, 0.717) is 23.5 Å². The molecule has 0 heterocycles. The first-order chi connectivity index (χ1) is 11.0. The van der Waals surface area contributed by atoms with Crippen LogP contribution in [0.5, 0.6) is 11.5 Å². The zero-order chi connectivity index (χ0) is 17.4. The average molecular weight is 320 g/mol. The fourth-order valence-corrected chi connectivity index (χ4v) is 2.05. The normalized spacial score (nSPS) is 10.8. The van der Waals surface area contributed by atoms with Crippen LogP contribution in [0, 0.1) is 0 Å². The maximum absolute atomic E-state index is 11.7. The van der Waals surface area contributed by atoms with E-state index in [1.54, 1.807) is 25.1 Å². The smallest absolute Gasteiger partial charge is 0.379 e. The molecule has 1 N–H and O–H groups in total. The Bertz CT molecular complexity index is 630. The SMILES string of the molecule is C=CCc1c(OC)ccc(OC)c1/C(O)=C/C(=O)C(=O)OCC. The van der Waals surface area contributed by atoms with Crippen molar-refractivity contribution >= 4 is 17.5 Å². The average Bonchev–Trinajstić information content (AvgIpc) is 2.54. The summed E-state index contributed by atoms with van der Waals surface area (Å²) in [6.07, 6.45) is 2.81. The van der Waals surface area contributed by atoms with E-state index in [4.69, 9.17) is 9.47 Å². The molecule has 23 heavy (non-hydrogen) atoms. The van der Waals surface area contributed by atoms with Crippen molar-refractivity contribution in [3.8, 4) is 11.5 Å². The van der Waals surface area contributed by atoms with Gasteiger partial charge in [0.25, 0.3) is 5.78 Å². The Morgan fingerprint density at radius 2 is 1.83 bits per heavy atom. The zero-order valence-electron chi connectivity index (χ0n) is 13.4. The summed E-state index contributed by atoms with van der Waals surface area (Å²) in [4.78, 5) is 23.1. The van der Waals surface area contributed by atoms with E-state index in [1.807, 2.05) is 0 Å². The maximum atomic E-state index is 11.7. The molecule has 124 valence electrons. The van der Waals surface area contributed by atoms with Gasteiger partial charge in [-0.3, -0.25) is 4.79 Å². The van der Waals surface area contributed by atoms with Gasteiger partial charge in [-0.15, -0.1) is 6.58 Å². The van der Waals surface area contributed by atoms with Crippen LogP contribution in [0.2, 0.25) is 0 Å². The largest absolute Gasteiger partial charge is 0.507 e. The summed E-state index contributed by atoms with van der Waals surface area (Å²) in [5, 5.41) is 10.3. The molecule has 0 fully saturated rings. The minimum absolute atomic E-state index is 0.0728. The second-order valence-electron chi connectivity index (χ2n) is 4.43. The first-order valence-electron chi connectivity index (χ1n) is 6.96. The van der Waals surface area contributed by atoms with Gasteiger partial charge in [0.05, 0.1) is 26.4 Å². The second-order valence-corrected chi connectivity index (χ2v) is 4.43.